The largest absolute Gasteiger partial charge is 0.495 e. The fourth-order valence-corrected chi connectivity index (χ4v) is 5.01. The highest BCUT2D eigenvalue weighted by Crippen LogP contribution is 2.26. The van der Waals surface area contributed by atoms with Crippen LogP contribution in [0.25, 0.3) is 6.08 Å². The van der Waals surface area contributed by atoms with Crippen molar-refractivity contribution in [3.05, 3.63) is 84.4 Å². The van der Waals surface area contributed by atoms with E-state index in [0.717, 1.165) is 4.31 Å². The first kappa shape index (κ1) is 25.9. The fraction of sp³-hybridized carbons (Fsp3) is 0.125. The number of amides is 1. The number of methoxy groups -OCH3 is 1. The number of carbonyl (C=O) groups excluding carboxylic acids is 1. The van der Waals surface area contributed by atoms with Gasteiger partial charge in [-0.3, -0.25) is 9.52 Å². The number of sulfonamides is 2. The van der Waals surface area contributed by atoms with Gasteiger partial charge in [-0.1, -0.05) is 30.3 Å². The molecule has 0 aliphatic rings. The predicted octanol–water partition coefficient (Wildman–Crippen LogP) is 3.40. The van der Waals surface area contributed by atoms with Gasteiger partial charge in [0.2, 0.25) is 15.9 Å². The molecular weight excluding hydrogens is 490 g/mol. The smallest absolute Gasteiger partial charge is 0.262 e. The van der Waals surface area contributed by atoms with E-state index in [-0.39, 0.29) is 9.79 Å². The van der Waals surface area contributed by atoms with E-state index in [4.69, 9.17) is 4.74 Å². The van der Waals surface area contributed by atoms with Crippen molar-refractivity contribution in [3.63, 3.8) is 0 Å². The number of nitrogens with zero attached hydrogens (tertiary/aromatic N) is 1. The second-order valence-electron chi connectivity index (χ2n) is 7.51. The van der Waals surface area contributed by atoms with Crippen molar-refractivity contribution in [2.24, 2.45) is 0 Å². The molecule has 3 rings (SSSR count). The van der Waals surface area contributed by atoms with Gasteiger partial charge in [0, 0.05) is 25.9 Å². The summed E-state index contributed by atoms with van der Waals surface area (Å²) >= 11 is 0. The minimum atomic E-state index is -3.84. The van der Waals surface area contributed by atoms with Gasteiger partial charge in [-0.25, -0.2) is 21.1 Å². The number of rotatable bonds is 9. The van der Waals surface area contributed by atoms with Crippen LogP contribution in [-0.4, -0.2) is 48.3 Å². The molecule has 0 radical (unpaired) electrons. The van der Waals surface area contributed by atoms with E-state index in [0.29, 0.717) is 22.7 Å². The van der Waals surface area contributed by atoms with Crippen molar-refractivity contribution < 1.29 is 26.4 Å². The first-order valence-corrected chi connectivity index (χ1v) is 13.2. The number of anilines is 2. The van der Waals surface area contributed by atoms with Crippen LogP contribution < -0.4 is 14.8 Å². The maximum Gasteiger partial charge on any atom is 0.262 e. The number of para-hydroxylation sites is 2. The lowest BCUT2D eigenvalue weighted by atomic mass is 10.2. The molecular formula is C24H25N3O6S2. The molecule has 2 N–H and O–H groups in total. The standard InChI is InChI=1S/C24H25N3O6S2/c1-27(2)35(31,32)21-8-6-7-19(17-21)25-24(28)16-13-18-11-14-20(15-12-18)34(29,30)26-22-9-4-5-10-23(22)33-3/h4-17,26H,1-3H3,(H,25,28)/b16-13+. The lowest BCUT2D eigenvalue weighted by Gasteiger charge is -2.12. The molecule has 1 amide bonds. The van der Waals surface area contributed by atoms with Gasteiger partial charge in [-0.2, -0.15) is 0 Å². The summed E-state index contributed by atoms with van der Waals surface area (Å²) in [6.07, 6.45) is 2.78. The average Bonchev–Trinajstić information content (AvgIpc) is 2.83. The van der Waals surface area contributed by atoms with Crippen molar-refractivity contribution in [3.8, 4) is 5.75 Å². The SMILES string of the molecule is COc1ccccc1NS(=O)(=O)c1ccc(/C=C/C(=O)Nc2cccc(S(=O)(=O)N(C)C)c2)cc1. The lowest BCUT2D eigenvalue weighted by Crippen LogP contribution is -2.22. The number of hydrogen-bond acceptors (Lipinski definition) is 6. The summed E-state index contributed by atoms with van der Waals surface area (Å²) in [4.78, 5) is 12.4. The molecule has 0 heterocycles. The Hall–Kier alpha value is -3.67. The van der Waals surface area contributed by atoms with Gasteiger partial charge >= 0.3 is 0 Å². The van der Waals surface area contributed by atoms with E-state index in [1.165, 1.54) is 63.7 Å². The Morgan fingerprint density at radius 1 is 0.886 bits per heavy atom. The predicted molar refractivity (Wildman–Crippen MR) is 135 cm³/mol. The van der Waals surface area contributed by atoms with Gasteiger partial charge in [0.1, 0.15) is 5.75 Å². The molecule has 9 nitrogen and oxygen atoms in total. The zero-order chi connectivity index (χ0) is 25.6. The maximum absolute atomic E-state index is 12.7. The van der Waals surface area contributed by atoms with Gasteiger partial charge in [0.05, 0.1) is 22.6 Å². The average molecular weight is 516 g/mol. The second-order valence-corrected chi connectivity index (χ2v) is 11.3. The zero-order valence-corrected chi connectivity index (χ0v) is 20.9. The summed E-state index contributed by atoms with van der Waals surface area (Å²) in [5.74, 6) is -0.0783. The van der Waals surface area contributed by atoms with E-state index in [1.54, 1.807) is 42.5 Å². The van der Waals surface area contributed by atoms with E-state index in [9.17, 15) is 21.6 Å². The summed E-state index contributed by atoms with van der Waals surface area (Å²) in [5.41, 5.74) is 1.24. The zero-order valence-electron chi connectivity index (χ0n) is 19.3. The van der Waals surface area contributed by atoms with Crippen LogP contribution >= 0.6 is 0 Å². The molecule has 0 atom stereocenters. The van der Waals surface area contributed by atoms with E-state index >= 15 is 0 Å². The molecule has 11 heteroatoms. The number of carbonyl (C=O) groups is 1. The summed E-state index contributed by atoms with van der Waals surface area (Å²) in [7, 11) is -3.17. The van der Waals surface area contributed by atoms with Crippen LogP contribution in [0.3, 0.4) is 0 Å². The first-order chi connectivity index (χ1) is 16.5. The monoisotopic (exact) mass is 515 g/mol. The van der Waals surface area contributed by atoms with Crippen molar-refractivity contribution in [1.82, 2.24) is 4.31 Å². The third-order valence-corrected chi connectivity index (χ3v) is 8.04. The molecule has 0 saturated heterocycles. The minimum absolute atomic E-state index is 0.0453. The molecule has 0 aliphatic carbocycles. The van der Waals surface area contributed by atoms with Crippen LogP contribution in [0.1, 0.15) is 5.56 Å². The van der Waals surface area contributed by atoms with Crippen LogP contribution in [0.2, 0.25) is 0 Å². The normalized spacial score (nSPS) is 12.0. The number of hydrogen-bond donors (Lipinski definition) is 2. The Morgan fingerprint density at radius 2 is 1.57 bits per heavy atom. The molecule has 3 aromatic carbocycles. The molecule has 35 heavy (non-hydrogen) atoms. The first-order valence-electron chi connectivity index (χ1n) is 10.3. The highest BCUT2D eigenvalue weighted by molar-refractivity contribution is 7.92. The van der Waals surface area contributed by atoms with Gasteiger partial charge in [0.15, 0.2) is 0 Å². The van der Waals surface area contributed by atoms with Crippen molar-refractivity contribution in [2.75, 3.05) is 31.2 Å². The topological polar surface area (TPSA) is 122 Å². The Bertz CT molecular complexity index is 1450. The molecule has 0 aliphatic heterocycles. The van der Waals surface area contributed by atoms with Crippen molar-refractivity contribution in [1.29, 1.82) is 0 Å². The molecule has 184 valence electrons. The Balaban J connectivity index is 1.68. The molecule has 0 saturated carbocycles. The summed E-state index contributed by atoms with van der Waals surface area (Å²) in [6.45, 7) is 0. The molecule has 0 fully saturated rings. The number of benzene rings is 3. The molecule has 3 aromatic rings. The Labute approximate surface area is 205 Å². The van der Waals surface area contributed by atoms with Crippen molar-refractivity contribution in [2.45, 2.75) is 9.79 Å². The summed E-state index contributed by atoms with van der Waals surface area (Å²) in [5, 5.41) is 2.61. The highest BCUT2D eigenvalue weighted by Gasteiger charge is 2.18. The Morgan fingerprint density at radius 3 is 2.23 bits per heavy atom. The highest BCUT2D eigenvalue weighted by atomic mass is 32.2. The molecule has 0 spiro atoms. The van der Waals surface area contributed by atoms with E-state index < -0.39 is 26.0 Å². The quantitative estimate of drug-likeness (QED) is 0.421. The van der Waals surface area contributed by atoms with Gasteiger partial charge in [-0.15, -0.1) is 0 Å². The lowest BCUT2D eigenvalue weighted by molar-refractivity contribution is -0.111. The molecule has 0 aromatic heterocycles. The van der Waals surface area contributed by atoms with Crippen LogP contribution in [0.4, 0.5) is 11.4 Å². The van der Waals surface area contributed by atoms with E-state index in [2.05, 4.69) is 10.0 Å². The van der Waals surface area contributed by atoms with Crippen molar-refractivity contribution >= 4 is 43.4 Å². The van der Waals surface area contributed by atoms with Gasteiger partial charge in [-0.05, 0) is 54.1 Å². The van der Waals surface area contributed by atoms with Crippen LogP contribution in [0.5, 0.6) is 5.75 Å². The number of nitrogens with one attached hydrogen (secondary N) is 2. The summed E-state index contributed by atoms with van der Waals surface area (Å²) in [6, 6.07) is 18.6. The maximum atomic E-state index is 12.7. The molecule has 0 bridgehead atoms. The van der Waals surface area contributed by atoms with Crippen LogP contribution in [-0.2, 0) is 24.8 Å². The second kappa shape index (κ2) is 10.7. The van der Waals surface area contributed by atoms with Gasteiger partial charge < -0.3 is 10.1 Å². The van der Waals surface area contributed by atoms with E-state index in [1.807, 2.05) is 0 Å². The molecule has 0 unspecified atom stereocenters. The van der Waals surface area contributed by atoms with Crippen LogP contribution in [0, 0.1) is 0 Å². The van der Waals surface area contributed by atoms with Gasteiger partial charge in [0.25, 0.3) is 10.0 Å². The van der Waals surface area contributed by atoms with Crippen LogP contribution in [0.15, 0.2) is 88.7 Å². The minimum Gasteiger partial charge on any atom is -0.495 e. The third kappa shape index (κ3) is 6.47. The third-order valence-electron chi connectivity index (χ3n) is 4.85. The Kier molecular flexibility index (Phi) is 7.95. The number of ether oxygens (including phenoxy) is 1. The fourth-order valence-electron chi connectivity index (χ4n) is 2.99. The summed E-state index contributed by atoms with van der Waals surface area (Å²) < 4.78 is 58.7.